The van der Waals surface area contributed by atoms with Crippen LogP contribution in [0.4, 0.5) is 10.5 Å². The van der Waals surface area contributed by atoms with Gasteiger partial charge in [0.2, 0.25) is 0 Å². The van der Waals surface area contributed by atoms with Gasteiger partial charge in [-0.25, -0.2) is 14.9 Å². The summed E-state index contributed by atoms with van der Waals surface area (Å²) in [7, 11) is 1.74. The Bertz CT molecular complexity index is 1130. The van der Waals surface area contributed by atoms with Crippen molar-refractivity contribution in [3.63, 3.8) is 0 Å². The number of ether oxygens (including phenoxy) is 1. The summed E-state index contributed by atoms with van der Waals surface area (Å²) in [6, 6.07) is 13.2. The highest BCUT2D eigenvalue weighted by Gasteiger charge is 2.17. The van der Waals surface area contributed by atoms with E-state index in [1.165, 1.54) is 17.0 Å². The van der Waals surface area contributed by atoms with E-state index in [1.807, 2.05) is 37.3 Å². The molecular weight excluding hydrogens is 386 g/mol. The average molecular weight is 409 g/mol. The number of nitrogens with one attached hydrogen (secondary N) is 2. The van der Waals surface area contributed by atoms with Crippen molar-refractivity contribution >= 4 is 17.9 Å². The number of hydrazone groups is 1. The predicted molar refractivity (Wildman–Crippen MR) is 115 cm³/mol. The van der Waals surface area contributed by atoms with Crippen LogP contribution in [-0.2, 0) is 7.05 Å². The van der Waals surface area contributed by atoms with E-state index in [4.69, 9.17) is 4.74 Å². The first kappa shape index (κ1) is 20.7. The molecule has 1 aromatic heterocycles. The highest BCUT2D eigenvalue weighted by molar-refractivity contribution is 5.91. The van der Waals surface area contributed by atoms with Crippen LogP contribution in [0.3, 0.4) is 0 Å². The van der Waals surface area contributed by atoms with E-state index in [0.29, 0.717) is 29.3 Å². The van der Waals surface area contributed by atoms with Crippen LogP contribution < -0.4 is 21.0 Å². The van der Waals surface area contributed by atoms with E-state index in [1.54, 1.807) is 30.8 Å². The van der Waals surface area contributed by atoms with E-state index in [2.05, 4.69) is 15.8 Å². The molecule has 0 saturated carbocycles. The summed E-state index contributed by atoms with van der Waals surface area (Å²) in [5.74, 6) is 0.348. The first-order chi connectivity index (χ1) is 14.4. The fourth-order valence-corrected chi connectivity index (χ4v) is 2.90. The molecule has 0 saturated heterocycles. The summed E-state index contributed by atoms with van der Waals surface area (Å²) in [6.45, 7) is 3.96. The summed E-state index contributed by atoms with van der Waals surface area (Å²) < 4.78 is 8.45. The van der Waals surface area contributed by atoms with Gasteiger partial charge in [-0.2, -0.15) is 5.10 Å². The van der Waals surface area contributed by atoms with Gasteiger partial charge in [-0.1, -0.05) is 18.2 Å². The second-order valence-electron chi connectivity index (χ2n) is 6.42. The second-order valence-corrected chi connectivity index (χ2v) is 6.42. The average Bonchev–Trinajstić information content (AvgIpc) is 2.94. The Morgan fingerprint density at radius 1 is 1.23 bits per heavy atom. The third-order valence-electron chi connectivity index (χ3n) is 4.46. The first-order valence-electron chi connectivity index (χ1n) is 9.32. The number of phenols is 1. The fourth-order valence-electron chi connectivity index (χ4n) is 2.90. The summed E-state index contributed by atoms with van der Waals surface area (Å²) in [5, 5.41) is 16.1. The molecule has 1 heterocycles. The number of phenolic OH excluding ortho intramolecular Hbond substituents is 1. The van der Waals surface area contributed by atoms with E-state index in [0.717, 1.165) is 0 Å². The maximum atomic E-state index is 12.8. The number of hydrogen-bond acceptors (Lipinski definition) is 5. The van der Waals surface area contributed by atoms with Crippen LogP contribution in [0.2, 0.25) is 0 Å². The normalized spacial score (nSPS) is 10.9. The minimum Gasteiger partial charge on any atom is -0.504 e. The van der Waals surface area contributed by atoms with Gasteiger partial charge >= 0.3 is 6.03 Å². The fraction of sp³-hybridized carbons (Fsp3) is 0.190. The topological polar surface area (TPSA) is 110 Å². The minimum absolute atomic E-state index is 0.0222. The number of amides is 2. The summed E-state index contributed by atoms with van der Waals surface area (Å²) >= 11 is 0. The Kier molecular flexibility index (Phi) is 6.21. The zero-order valence-electron chi connectivity index (χ0n) is 16.9. The van der Waals surface area contributed by atoms with E-state index in [-0.39, 0.29) is 17.0 Å². The molecule has 9 nitrogen and oxygen atoms in total. The largest absolute Gasteiger partial charge is 0.504 e. The van der Waals surface area contributed by atoms with Gasteiger partial charge in [0.1, 0.15) is 5.69 Å². The number of aromatic hydroxyl groups is 1. The number of nitrogens with zero attached hydrogens (tertiary/aromatic N) is 3. The molecule has 3 rings (SSSR count). The molecule has 0 radical (unpaired) electrons. The maximum Gasteiger partial charge on any atom is 0.339 e. The number of para-hydroxylation sites is 1. The molecular formula is C21H23N5O4. The first-order valence-corrected chi connectivity index (χ1v) is 9.32. The number of urea groups is 1. The van der Waals surface area contributed by atoms with Gasteiger partial charge in [0.25, 0.3) is 5.56 Å². The van der Waals surface area contributed by atoms with Crippen molar-refractivity contribution in [2.45, 2.75) is 13.8 Å². The van der Waals surface area contributed by atoms with Crippen molar-refractivity contribution in [3.05, 3.63) is 70.1 Å². The van der Waals surface area contributed by atoms with Gasteiger partial charge in [-0.15, -0.1) is 0 Å². The highest BCUT2D eigenvalue weighted by atomic mass is 16.5. The summed E-state index contributed by atoms with van der Waals surface area (Å²) in [6.07, 6.45) is 1.40. The standard InChI is InChI=1S/C21H23N5O4/c1-4-30-18-12-15(10-11-17(18)27)13-22-24-21(29)23-19-14(2)25(3)26(20(19)28)16-8-6-5-7-9-16/h5-13,27H,4H2,1-3H3,(H2,23,24,29). The Balaban J connectivity index is 1.72. The lowest BCUT2D eigenvalue weighted by Gasteiger charge is -2.07. The third-order valence-corrected chi connectivity index (χ3v) is 4.46. The second kappa shape index (κ2) is 8.99. The number of benzene rings is 2. The Labute approximate surface area is 173 Å². The molecule has 2 amide bonds. The molecule has 3 aromatic rings. The van der Waals surface area contributed by atoms with Gasteiger partial charge in [-0.05, 0) is 49.7 Å². The van der Waals surface area contributed by atoms with Crippen molar-refractivity contribution < 1.29 is 14.6 Å². The Hall–Kier alpha value is -4.01. The highest BCUT2D eigenvalue weighted by Crippen LogP contribution is 2.26. The zero-order valence-corrected chi connectivity index (χ0v) is 16.9. The number of aromatic nitrogens is 2. The lowest BCUT2D eigenvalue weighted by Crippen LogP contribution is -2.28. The molecule has 0 spiro atoms. The van der Waals surface area contributed by atoms with Gasteiger partial charge in [-0.3, -0.25) is 9.48 Å². The monoisotopic (exact) mass is 409 g/mol. The predicted octanol–water partition coefficient (Wildman–Crippen LogP) is 2.74. The number of anilines is 1. The molecule has 0 aliphatic carbocycles. The lowest BCUT2D eigenvalue weighted by molar-refractivity contribution is 0.252. The van der Waals surface area contributed by atoms with Crippen LogP contribution in [0.15, 0.2) is 58.4 Å². The van der Waals surface area contributed by atoms with Crippen molar-refractivity contribution in [3.8, 4) is 17.2 Å². The maximum absolute atomic E-state index is 12.8. The quantitative estimate of drug-likeness (QED) is 0.429. The van der Waals surface area contributed by atoms with Gasteiger partial charge in [0.05, 0.1) is 24.2 Å². The van der Waals surface area contributed by atoms with Gasteiger partial charge in [0, 0.05) is 7.05 Å². The van der Waals surface area contributed by atoms with E-state index >= 15 is 0 Å². The number of carbonyl (C=O) groups is 1. The van der Waals surface area contributed by atoms with E-state index in [9.17, 15) is 14.7 Å². The SMILES string of the molecule is CCOc1cc(C=NNC(=O)Nc2c(C)n(C)n(-c3ccccc3)c2=O)ccc1O. The van der Waals surface area contributed by atoms with Crippen LogP contribution in [0.1, 0.15) is 18.2 Å². The van der Waals surface area contributed by atoms with Crippen LogP contribution in [0.5, 0.6) is 11.5 Å². The van der Waals surface area contributed by atoms with Crippen molar-refractivity contribution in [1.29, 1.82) is 0 Å². The van der Waals surface area contributed by atoms with Gasteiger partial charge < -0.3 is 15.2 Å². The molecule has 0 unspecified atom stereocenters. The van der Waals surface area contributed by atoms with Crippen LogP contribution in [0, 0.1) is 6.92 Å². The summed E-state index contributed by atoms with van der Waals surface area (Å²) in [5.41, 5.74) is 4.06. The smallest absolute Gasteiger partial charge is 0.339 e. The molecule has 0 aliphatic heterocycles. The van der Waals surface area contributed by atoms with Crippen molar-refractivity contribution in [1.82, 2.24) is 14.8 Å². The van der Waals surface area contributed by atoms with Gasteiger partial charge in [0.15, 0.2) is 11.5 Å². The molecule has 0 atom stereocenters. The molecule has 0 bridgehead atoms. The number of carbonyl (C=O) groups excluding carboxylic acids is 1. The Morgan fingerprint density at radius 2 is 1.97 bits per heavy atom. The molecule has 3 N–H and O–H groups in total. The number of rotatable bonds is 6. The molecule has 0 aliphatic rings. The molecule has 2 aromatic carbocycles. The van der Waals surface area contributed by atoms with Crippen LogP contribution in [-0.4, -0.2) is 33.3 Å². The van der Waals surface area contributed by atoms with E-state index < -0.39 is 6.03 Å². The minimum atomic E-state index is -0.652. The third kappa shape index (κ3) is 4.35. The van der Waals surface area contributed by atoms with Crippen LogP contribution >= 0.6 is 0 Å². The molecule has 156 valence electrons. The Morgan fingerprint density at radius 3 is 2.67 bits per heavy atom. The molecule has 30 heavy (non-hydrogen) atoms. The molecule has 0 fully saturated rings. The zero-order chi connectivity index (χ0) is 21.7. The van der Waals surface area contributed by atoms with Crippen LogP contribution in [0.25, 0.3) is 5.69 Å². The molecule has 9 heteroatoms. The number of hydrogen-bond donors (Lipinski definition) is 3. The lowest BCUT2D eigenvalue weighted by atomic mass is 10.2. The summed E-state index contributed by atoms with van der Waals surface area (Å²) in [4.78, 5) is 25.0. The van der Waals surface area contributed by atoms with Crippen molar-refractivity contribution in [2.75, 3.05) is 11.9 Å². The van der Waals surface area contributed by atoms with Crippen molar-refractivity contribution in [2.24, 2.45) is 12.1 Å².